The first-order valence-corrected chi connectivity index (χ1v) is 6.85. The Balaban J connectivity index is 2.43. The van der Waals surface area contributed by atoms with Gasteiger partial charge in [0.05, 0.1) is 11.3 Å². The number of carbonyl (C=O) groups excluding carboxylic acids is 1. The zero-order valence-electron chi connectivity index (χ0n) is 12.6. The summed E-state index contributed by atoms with van der Waals surface area (Å²) in [5, 5.41) is 0. The van der Waals surface area contributed by atoms with Crippen LogP contribution < -0.4 is 10.5 Å². The van der Waals surface area contributed by atoms with E-state index in [2.05, 4.69) is 11.8 Å². The monoisotopic (exact) mass is 277 g/mol. The highest BCUT2D eigenvalue weighted by molar-refractivity contribution is 5.98. The molecule has 1 aromatic rings. The van der Waals surface area contributed by atoms with Crippen molar-refractivity contribution in [1.82, 2.24) is 9.80 Å². The molecule has 1 heterocycles. The van der Waals surface area contributed by atoms with Crippen LogP contribution in [0, 0.1) is 5.92 Å². The van der Waals surface area contributed by atoms with Gasteiger partial charge in [-0.3, -0.25) is 4.79 Å². The number of nitrogen functional groups attached to an aromatic ring is 1. The summed E-state index contributed by atoms with van der Waals surface area (Å²) in [7, 11) is 5.85. The van der Waals surface area contributed by atoms with Gasteiger partial charge >= 0.3 is 0 Å². The maximum Gasteiger partial charge on any atom is 0.257 e. The Labute approximate surface area is 120 Å². The number of ether oxygens (including phenoxy) is 1. The second-order valence-electron chi connectivity index (χ2n) is 5.81. The molecule has 5 heteroatoms. The number of hydrogen-bond donors (Lipinski definition) is 1. The second-order valence-corrected chi connectivity index (χ2v) is 5.81. The largest absolute Gasteiger partial charge is 0.486 e. The lowest BCUT2D eigenvalue weighted by Gasteiger charge is -2.34. The van der Waals surface area contributed by atoms with Crippen molar-refractivity contribution in [3.63, 3.8) is 0 Å². The Bertz CT molecular complexity index is 502. The minimum absolute atomic E-state index is 0.00370. The summed E-state index contributed by atoms with van der Waals surface area (Å²) >= 11 is 0. The number of rotatable bonds is 2. The van der Waals surface area contributed by atoms with E-state index in [4.69, 9.17) is 10.5 Å². The summed E-state index contributed by atoms with van der Waals surface area (Å²) in [4.78, 5) is 16.2. The lowest BCUT2D eigenvalue weighted by Crippen LogP contribution is -2.44. The van der Waals surface area contributed by atoms with Crippen LogP contribution in [0.1, 0.15) is 17.3 Å². The van der Waals surface area contributed by atoms with Gasteiger partial charge in [0.1, 0.15) is 6.10 Å². The molecule has 0 saturated carbocycles. The van der Waals surface area contributed by atoms with Crippen molar-refractivity contribution in [2.24, 2.45) is 5.92 Å². The molecule has 1 aliphatic rings. The van der Waals surface area contributed by atoms with Gasteiger partial charge in [0, 0.05) is 26.1 Å². The molecule has 5 nitrogen and oxygen atoms in total. The molecule has 2 N–H and O–H groups in total. The first kappa shape index (κ1) is 14.7. The Hall–Kier alpha value is -1.75. The minimum Gasteiger partial charge on any atom is -0.486 e. The lowest BCUT2D eigenvalue weighted by atomic mass is 10.0. The van der Waals surface area contributed by atoms with E-state index < -0.39 is 0 Å². The van der Waals surface area contributed by atoms with Crippen LogP contribution in [0.15, 0.2) is 18.2 Å². The van der Waals surface area contributed by atoms with Gasteiger partial charge in [-0.25, -0.2) is 0 Å². The normalized spacial score (nSPS) is 23.1. The molecule has 0 unspecified atom stereocenters. The third kappa shape index (κ3) is 2.88. The minimum atomic E-state index is -0.0394. The highest BCUT2D eigenvalue weighted by atomic mass is 16.5. The molecule has 110 valence electrons. The average molecular weight is 277 g/mol. The van der Waals surface area contributed by atoms with Crippen LogP contribution in [-0.2, 0) is 0 Å². The van der Waals surface area contributed by atoms with E-state index in [9.17, 15) is 4.79 Å². The fourth-order valence-electron chi connectivity index (χ4n) is 2.54. The molecule has 0 aromatic heterocycles. The van der Waals surface area contributed by atoms with Gasteiger partial charge in [-0.1, -0.05) is 13.0 Å². The van der Waals surface area contributed by atoms with E-state index in [1.807, 2.05) is 21.1 Å². The predicted molar refractivity (Wildman–Crippen MR) is 79.9 cm³/mol. The maximum absolute atomic E-state index is 12.4. The standard InChI is InChI=1S/C15H23N3O2/c1-10-8-18(4)15(19)11-6-5-7-12(16)14(11)20-13(10)9-17(2)3/h5-7,10,13H,8-9,16H2,1-4H3/t10-,13-/m0/s1. The van der Waals surface area contributed by atoms with Gasteiger partial charge in [-0.05, 0) is 26.2 Å². The summed E-state index contributed by atoms with van der Waals surface area (Å²) in [5.74, 6) is 0.712. The Morgan fingerprint density at radius 1 is 1.45 bits per heavy atom. The number of nitrogens with zero attached hydrogens (tertiary/aromatic N) is 2. The van der Waals surface area contributed by atoms with E-state index >= 15 is 0 Å². The zero-order valence-corrected chi connectivity index (χ0v) is 12.6. The van der Waals surface area contributed by atoms with E-state index in [0.29, 0.717) is 23.5 Å². The van der Waals surface area contributed by atoms with Crippen molar-refractivity contribution in [3.05, 3.63) is 23.8 Å². The van der Waals surface area contributed by atoms with E-state index in [1.165, 1.54) is 0 Å². The van der Waals surface area contributed by atoms with Crippen LogP contribution in [0.4, 0.5) is 5.69 Å². The highest BCUT2D eigenvalue weighted by Crippen LogP contribution is 2.31. The fraction of sp³-hybridized carbons (Fsp3) is 0.533. The highest BCUT2D eigenvalue weighted by Gasteiger charge is 2.30. The number of amides is 1. The Morgan fingerprint density at radius 3 is 2.80 bits per heavy atom. The van der Waals surface area contributed by atoms with Crippen molar-refractivity contribution >= 4 is 11.6 Å². The van der Waals surface area contributed by atoms with Crippen molar-refractivity contribution < 1.29 is 9.53 Å². The third-order valence-electron chi connectivity index (χ3n) is 3.63. The number of anilines is 1. The predicted octanol–water partition coefficient (Wildman–Crippen LogP) is 1.30. The van der Waals surface area contributed by atoms with Crippen LogP contribution in [-0.4, -0.2) is 56.0 Å². The van der Waals surface area contributed by atoms with Crippen molar-refractivity contribution in [1.29, 1.82) is 0 Å². The molecule has 2 rings (SSSR count). The molecule has 0 aliphatic carbocycles. The first-order valence-electron chi connectivity index (χ1n) is 6.85. The van der Waals surface area contributed by atoms with Gasteiger partial charge in [0.25, 0.3) is 5.91 Å². The Kier molecular flexibility index (Phi) is 4.18. The first-order chi connectivity index (χ1) is 9.40. The summed E-state index contributed by atoms with van der Waals surface area (Å²) in [6, 6.07) is 5.33. The van der Waals surface area contributed by atoms with Crippen LogP contribution in [0.5, 0.6) is 5.75 Å². The fourth-order valence-corrected chi connectivity index (χ4v) is 2.54. The summed E-state index contributed by atoms with van der Waals surface area (Å²) in [5.41, 5.74) is 7.06. The molecule has 2 atom stereocenters. The van der Waals surface area contributed by atoms with Gasteiger partial charge < -0.3 is 20.3 Å². The molecule has 1 amide bonds. The Morgan fingerprint density at radius 2 is 2.15 bits per heavy atom. The van der Waals surface area contributed by atoms with Crippen molar-refractivity contribution in [2.75, 3.05) is 40.0 Å². The number of hydrogen-bond acceptors (Lipinski definition) is 4. The number of fused-ring (bicyclic) bond motifs is 1. The topological polar surface area (TPSA) is 58.8 Å². The van der Waals surface area contributed by atoms with E-state index in [1.54, 1.807) is 23.1 Å². The number of benzene rings is 1. The molecule has 0 saturated heterocycles. The molecular formula is C15H23N3O2. The number of likely N-dealkylation sites (N-methyl/N-ethyl adjacent to an activating group) is 1. The molecular weight excluding hydrogens is 254 g/mol. The summed E-state index contributed by atoms with van der Waals surface area (Å²) in [6.07, 6.45) is 0.00370. The third-order valence-corrected chi connectivity index (χ3v) is 3.63. The molecule has 1 aromatic carbocycles. The molecule has 0 fully saturated rings. The number of nitrogens with two attached hydrogens (primary N) is 1. The lowest BCUT2D eigenvalue weighted by molar-refractivity contribution is 0.0578. The number of carbonyl (C=O) groups is 1. The van der Waals surface area contributed by atoms with Crippen LogP contribution in [0.2, 0.25) is 0 Å². The zero-order chi connectivity index (χ0) is 14.9. The smallest absolute Gasteiger partial charge is 0.257 e. The number of para-hydroxylation sites is 1. The average Bonchev–Trinajstić information content (AvgIpc) is 2.37. The van der Waals surface area contributed by atoms with Gasteiger partial charge in [0.2, 0.25) is 0 Å². The van der Waals surface area contributed by atoms with Gasteiger partial charge in [-0.15, -0.1) is 0 Å². The summed E-state index contributed by atoms with van der Waals surface area (Å²) in [6.45, 7) is 3.56. The summed E-state index contributed by atoms with van der Waals surface area (Å²) < 4.78 is 6.10. The van der Waals surface area contributed by atoms with Crippen molar-refractivity contribution in [3.8, 4) is 5.75 Å². The molecule has 0 spiro atoms. The van der Waals surface area contributed by atoms with Gasteiger partial charge in [0.15, 0.2) is 5.75 Å². The molecule has 0 bridgehead atoms. The van der Waals surface area contributed by atoms with E-state index in [-0.39, 0.29) is 17.9 Å². The molecule has 1 aliphatic heterocycles. The second kappa shape index (κ2) is 5.71. The molecule has 20 heavy (non-hydrogen) atoms. The van der Waals surface area contributed by atoms with Crippen LogP contribution in [0.25, 0.3) is 0 Å². The van der Waals surface area contributed by atoms with Crippen molar-refractivity contribution in [2.45, 2.75) is 13.0 Å². The van der Waals surface area contributed by atoms with Crippen LogP contribution >= 0.6 is 0 Å². The quantitative estimate of drug-likeness (QED) is 0.828. The van der Waals surface area contributed by atoms with E-state index in [0.717, 1.165) is 6.54 Å². The SMILES string of the molecule is C[C@H]1CN(C)C(=O)c2cccc(N)c2O[C@H]1CN(C)C. The van der Waals surface area contributed by atoms with Crippen LogP contribution in [0.3, 0.4) is 0 Å². The molecule has 0 radical (unpaired) electrons. The van der Waals surface area contributed by atoms with Gasteiger partial charge in [-0.2, -0.15) is 0 Å². The maximum atomic E-state index is 12.4.